The summed E-state index contributed by atoms with van der Waals surface area (Å²) in [6, 6.07) is 15.2. The molecule has 1 aliphatic heterocycles. The highest BCUT2D eigenvalue weighted by Crippen LogP contribution is 2.32. The van der Waals surface area contributed by atoms with Gasteiger partial charge in [0.15, 0.2) is 11.5 Å². The molecule has 0 aromatic heterocycles. The minimum atomic E-state index is -3.57. The maximum Gasteiger partial charge on any atom is 0.243 e. The van der Waals surface area contributed by atoms with Crippen LogP contribution in [0.2, 0.25) is 0 Å². The van der Waals surface area contributed by atoms with Crippen LogP contribution in [0.25, 0.3) is 0 Å². The van der Waals surface area contributed by atoms with Gasteiger partial charge in [-0.3, -0.25) is 4.90 Å². The lowest BCUT2D eigenvalue weighted by molar-refractivity contribution is 0.181. The van der Waals surface area contributed by atoms with Crippen LogP contribution in [0.15, 0.2) is 53.4 Å². The summed E-state index contributed by atoms with van der Waals surface area (Å²) in [5.41, 5.74) is 1.24. The van der Waals surface area contributed by atoms with Gasteiger partial charge in [-0.25, -0.2) is 8.42 Å². The zero-order valence-electron chi connectivity index (χ0n) is 17.9. The highest BCUT2D eigenvalue weighted by Gasteiger charge is 2.29. The van der Waals surface area contributed by atoms with Gasteiger partial charge in [0.2, 0.25) is 10.0 Å². The predicted molar refractivity (Wildman–Crippen MR) is 118 cm³/mol. The van der Waals surface area contributed by atoms with E-state index < -0.39 is 10.0 Å². The third kappa shape index (κ3) is 5.74. The van der Waals surface area contributed by atoms with Crippen LogP contribution < -0.4 is 9.47 Å². The zero-order chi connectivity index (χ0) is 21.4. The molecule has 6 nitrogen and oxygen atoms in total. The number of hydrogen-bond acceptors (Lipinski definition) is 5. The van der Waals surface area contributed by atoms with Gasteiger partial charge in [-0.2, -0.15) is 4.31 Å². The molecule has 7 heteroatoms. The molecular formula is C23H32N2O4S. The first-order chi connectivity index (χ1) is 14.5. The van der Waals surface area contributed by atoms with Crippen molar-refractivity contribution in [3.8, 4) is 11.5 Å². The van der Waals surface area contributed by atoms with Gasteiger partial charge in [0.25, 0.3) is 0 Å². The molecule has 30 heavy (non-hydrogen) atoms. The molecule has 1 fully saturated rings. The SMILES string of the molecule is CCCOc1ccc(S(=O)(=O)N2CCN(Cc3ccccc3)CC2)cc1OCCC. The minimum Gasteiger partial charge on any atom is -0.490 e. The zero-order valence-corrected chi connectivity index (χ0v) is 18.7. The van der Waals surface area contributed by atoms with Crippen LogP contribution in [0.4, 0.5) is 0 Å². The van der Waals surface area contributed by atoms with Crippen molar-refractivity contribution in [2.75, 3.05) is 39.4 Å². The molecule has 0 saturated carbocycles. The average molecular weight is 433 g/mol. The van der Waals surface area contributed by atoms with Crippen LogP contribution in [-0.2, 0) is 16.6 Å². The summed E-state index contributed by atoms with van der Waals surface area (Å²) in [4.78, 5) is 2.55. The summed E-state index contributed by atoms with van der Waals surface area (Å²) < 4.78 is 39.5. The van der Waals surface area contributed by atoms with Crippen molar-refractivity contribution in [2.24, 2.45) is 0 Å². The van der Waals surface area contributed by atoms with Crippen LogP contribution in [0.5, 0.6) is 11.5 Å². The first-order valence-corrected chi connectivity index (χ1v) is 12.1. The summed E-state index contributed by atoms with van der Waals surface area (Å²) in [5, 5.41) is 0. The molecule has 2 aromatic rings. The third-order valence-corrected chi connectivity index (χ3v) is 6.95. The number of rotatable bonds is 10. The Morgan fingerprint density at radius 2 is 1.47 bits per heavy atom. The average Bonchev–Trinajstić information content (AvgIpc) is 2.77. The Kier molecular flexibility index (Phi) is 8.13. The van der Waals surface area contributed by atoms with Gasteiger partial charge >= 0.3 is 0 Å². The smallest absolute Gasteiger partial charge is 0.243 e. The summed E-state index contributed by atoms with van der Waals surface area (Å²) in [5.74, 6) is 1.09. The topological polar surface area (TPSA) is 59.1 Å². The molecule has 0 atom stereocenters. The summed E-state index contributed by atoms with van der Waals surface area (Å²) >= 11 is 0. The summed E-state index contributed by atoms with van der Waals surface area (Å²) in [6.07, 6.45) is 1.72. The van der Waals surface area contributed by atoms with Crippen molar-refractivity contribution >= 4 is 10.0 Å². The Morgan fingerprint density at radius 1 is 0.833 bits per heavy atom. The van der Waals surface area contributed by atoms with Crippen LogP contribution in [-0.4, -0.2) is 57.0 Å². The first-order valence-electron chi connectivity index (χ1n) is 10.7. The van der Waals surface area contributed by atoms with Crippen molar-refractivity contribution < 1.29 is 17.9 Å². The van der Waals surface area contributed by atoms with Gasteiger partial charge in [0, 0.05) is 38.8 Å². The van der Waals surface area contributed by atoms with Crippen LogP contribution in [0.3, 0.4) is 0 Å². The second-order valence-corrected chi connectivity index (χ2v) is 9.41. The number of ether oxygens (including phenoxy) is 2. The number of piperazine rings is 1. The van der Waals surface area contributed by atoms with Crippen molar-refractivity contribution in [2.45, 2.75) is 38.1 Å². The number of benzene rings is 2. The highest BCUT2D eigenvalue weighted by atomic mass is 32.2. The van der Waals surface area contributed by atoms with E-state index in [0.717, 1.165) is 19.4 Å². The van der Waals surface area contributed by atoms with Gasteiger partial charge in [-0.05, 0) is 30.5 Å². The van der Waals surface area contributed by atoms with E-state index in [1.165, 1.54) is 5.56 Å². The molecule has 0 spiro atoms. The van der Waals surface area contributed by atoms with E-state index in [2.05, 4.69) is 17.0 Å². The molecule has 0 radical (unpaired) electrons. The minimum absolute atomic E-state index is 0.258. The lowest BCUT2D eigenvalue weighted by atomic mass is 10.2. The van der Waals surface area contributed by atoms with E-state index in [9.17, 15) is 8.42 Å². The molecule has 0 amide bonds. The van der Waals surface area contributed by atoms with Gasteiger partial charge in [-0.1, -0.05) is 44.2 Å². The van der Waals surface area contributed by atoms with E-state index in [-0.39, 0.29) is 4.90 Å². The number of hydrogen-bond donors (Lipinski definition) is 0. The molecule has 0 unspecified atom stereocenters. The van der Waals surface area contributed by atoms with Crippen molar-refractivity contribution in [3.05, 3.63) is 54.1 Å². The Hall–Kier alpha value is -2.09. The molecule has 1 saturated heterocycles. The van der Waals surface area contributed by atoms with Crippen molar-refractivity contribution in [1.29, 1.82) is 0 Å². The fraction of sp³-hybridized carbons (Fsp3) is 0.478. The molecule has 1 aliphatic rings. The van der Waals surface area contributed by atoms with Crippen molar-refractivity contribution in [1.82, 2.24) is 9.21 Å². The molecule has 2 aromatic carbocycles. The van der Waals surface area contributed by atoms with Gasteiger partial charge in [0.1, 0.15) is 0 Å². The molecule has 3 rings (SSSR count). The quantitative estimate of drug-likeness (QED) is 0.572. The van der Waals surface area contributed by atoms with E-state index in [0.29, 0.717) is 50.9 Å². The monoisotopic (exact) mass is 432 g/mol. The van der Waals surface area contributed by atoms with Crippen LogP contribution >= 0.6 is 0 Å². The van der Waals surface area contributed by atoms with E-state index >= 15 is 0 Å². The largest absolute Gasteiger partial charge is 0.490 e. The summed E-state index contributed by atoms with van der Waals surface area (Å²) in [6.45, 7) is 8.36. The fourth-order valence-corrected chi connectivity index (χ4v) is 4.86. The lowest BCUT2D eigenvalue weighted by Gasteiger charge is -2.34. The van der Waals surface area contributed by atoms with Gasteiger partial charge < -0.3 is 9.47 Å². The van der Waals surface area contributed by atoms with Gasteiger partial charge in [0.05, 0.1) is 18.1 Å². The van der Waals surface area contributed by atoms with E-state index in [1.54, 1.807) is 22.5 Å². The maximum absolute atomic E-state index is 13.2. The number of nitrogens with zero attached hydrogens (tertiary/aromatic N) is 2. The van der Waals surface area contributed by atoms with Crippen LogP contribution in [0.1, 0.15) is 32.3 Å². The first kappa shape index (κ1) is 22.6. The van der Waals surface area contributed by atoms with Crippen molar-refractivity contribution in [3.63, 3.8) is 0 Å². The Labute approximate surface area is 180 Å². The molecule has 0 aliphatic carbocycles. The second kappa shape index (κ2) is 10.8. The highest BCUT2D eigenvalue weighted by molar-refractivity contribution is 7.89. The molecule has 0 bridgehead atoms. The predicted octanol–water partition coefficient (Wildman–Crippen LogP) is 3.77. The lowest BCUT2D eigenvalue weighted by Crippen LogP contribution is -2.48. The normalized spacial score (nSPS) is 15.8. The van der Waals surface area contributed by atoms with Crippen LogP contribution in [0, 0.1) is 0 Å². The standard InChI is InChI=1S/C23H32N2O4S/c1-3-16-28-22-11-10-21(18-23(22)29-17-4-2)30(26,27)25-14-12-24(13-15-25)19-20-8-6-5-7-9-20/h5-11,18H,3-4,12-17,19H2,1-2H3. The molecule has 0 N–H and O–H groups in total. The second-order valence-electron chi connectivity index (χ2n) is 7.47. The van der Waals surface area contributed by atoms with E-state index in [1.807, 2.05) is 32.0 Å². The third-order valence-electron chi connectivity index (χ3n) is 5.06. The Bertz CT molecular complexity index is 895. The van der Waals surface area contributed by atoms with E-state index in [4.69, 9.17) is 9.47 Å². The number of sulfonamides is 1. The van der Waals surface area contributed by atoms with Gasteiger partial charge in [-0.15, -0.1) is 0 Å². The summed E-state index contributed by atoms with van der Waals surface area (Å²) in [7, 11) is -3.57. The Balaban J connectivity index is 1.68. The Morgan fingerprint density at radius 3 is 2.10 bits per heavy atom. The molecular weight excluding hydrogens is 400 g/mol. The fourth-order valence-electron chi connectivity index (χ4n) is 3.42. The molecule has 1 heterocycles. The molecule has 164 valence electrons. The maximum atomic E-state index is 13.2.